The van der Waals surface area contributed by atoms with Crippen LogP contribution < -0.4 is 5.32 Å². The van der Waals surface area contributed by atoms with Crippen LogP contribution >= 0.6 is 0 Å². The third kappa shape index (κ3) is 6.39. The Balaban J connectivity index is 1.19. The maximum absolute atomic E-state index is 14.6. The molecule has 5 aromatic heterocycles. The lowest BCUT2D eigenvalue weighted by atomic mass is 10.0. The molecule has 0 saturated heterocycles. The highest BCUT2D eigenvalue weighted by Gasteiger charge is 2.18. The van der Waals surface area contributed by atoms with Crippen molar-refractivity contribution in [2.45, 2.75) is 19.5 Å². The lowest BCUT2D eigenvalue weighted by Gasteiger charge is -2.07. The highest BCUT2D eigenvalue weighted by molar-refractivity contribution is 7.90. The second kappa shape index (κ2) is 12.2. The molecular weight excluding hydrogens is 603 g/mol. The number of fused-ring (bicyclic) bond motifs is 2. The van der Waals surface area contributed by atoms with Crippen molar-refractivity contribution < 1.29 is 12.8 Å². The summed E-state index contributed by atoms with van der Waals surface area (Å²) >= 11 is 0. The second-order valence-corrected chi connectivity index (χ2v) is 13.5. The Bertz CT molecular complexity index is 2300. The van der Waals surface area contributed by atoms with Gasteiger partial charge in [-0.15, -0.1) is 0 Å². The summed E-state index contributed by atoms with van der Waals surface area (Å²) in [5.41, 5.74) is 8.02. The first kappa shape index (κ1) is 29.4. The number of aryl methyl sites for hydroxylation is 1. The van der Waals surface area contributed by atoms with Gasteiger partial charge in [-0.2, -0.15) is 5.10 Å². The van der Waals surface area contributed by atoms with Gasteiger partial charge in [-0.25, -0.2) is 17.8 Å². The number of benzene rings is 2. The Kier molecular flexibility index (Phi) is 7.81. The molecule has 0 amide bonds. The number of imidazole rings is 1. The number of pyridine rings is 3. The standard InChI is InChI=1S/C34H29FN8O2S/c1-46(44,45)10-8-22-11-24(14-26(35)13-22)31-33-28(7-9-38-31)40-34(41-33)32-27-15-29(39-20-30(27)42-43-32)25-12-23(18-37-19-25)17-36-16-21-5-3-2-4-6-21/h2-7,9,11-15,18-20,36H,8,10,16-17H2,1H3,(H,40,41)(H,42,43). The molecule has 0 fully saturated rings. The quantitative estimate of drug-likeness (QED) is 0.176. The van der Waals surface area contributed by atoms with Gasteiger partial charge in [0.15, 0.2) is 5.82 Å². The topological polar surface area (TPSA) is 142 Å². The van der Waals surface area contributed by atoms with Crippen LogP contribution in [0.5, 0.6) is 0 Å². The Hall–Kier alpha value is -5.33. The number of nitrogens with zero attached hydrogens (tertiary/aromatic N) is 5. The Morgan fingerprint density at radius 1 is 0.826 bits per heavy atom. The van der Waals surface area contributed by atoms with Gasteiger partial charge >= 0.3 is 0 Å². The number of rotatable bonds is 10. The average molecular weight is 633 g/mol. The van der Waals surface area contributed by atoms with Crippen molar-refractivity contribution >= 4 is 31.8 Å². The Labute approximate surface area is 264 Å². The molecule has 3 N–H and O–H groups in total. The van der Waals surface area contributed by atoms with E-state index in [0.29, 0.717) is 45.9 Å². The van der Waals surface area contributed by atoms with E-state index in [1.807, 2.05) is 30.5 Å². The minimum absolute atomic E-state index is 0.0747. The molecule has 5 heterocycles. The monoisotopic (exact) mass is 632 g/mol. The number of halogens is 1. The first-order valence-electron chi connectivity index (χ1n) is 14.6. The highest BCUT2D eigenvalue weighted by Crippen LogP contribution is 2.32. The molecule has 0 aliphatic carbocycles. The van der Waals surface area contributed by atoms with E-state index in [9.17, 15) is 12.8 Å². The minimum Gasteiger partial charge on any atom is -0.336 e. The summed E-state index contributed by atoms with van der Waals surface area (Å²) in [5, 5.41) is 11.9. The van der Waals surface area contributed by atoms with E-state index in [4.69, 9.17) is 4.98 Å². The fourth-order valence-corrected chi connectivity index (χ4v) is 6.03. The van der Waals surface area contributed by atoms with Crippen LogP contribution in [0.15, 0.2) is 91.5 Å². The molecule has 7 rings (SSSR count). The summed E-state index contributed by atoms with van der Waals surface area (Å²) in [7, 11) is -3.20. The van der Waals surface area contributed by atoms with Crippen molar-refractivity contribution in [1.29, 1.82) is 0 Å². The molecule has 0 unspecified atom stereocenters. The van der Waals surface area contributed by atoms with Crippen molar-refractivity contribution in [2.24, 2.45) is 0 Å². The number of hydrogen-bond acceptors (Lipinski definition) is 8. The van der Waals surface area contributed by atoms with Crippen LogP contribution in [-0.4, -0.2) is 55.5 Å². The Morgan fingerprint density at radius 3 is 2.50 bits per heavy atom. The number of nitrogens with one attached hydrogen (secondary N) is 3. The van der Waals surface area contributed by atoms with Gasteiger partial charge in [0.1, 0.15) is 26.9 Å². The molecule has 0 spiro atoms. The maximum atomic E-state index is 14.6. The zero-order chi connectivity index (χ0) is 31.7. The third-order valence-electron chi connectivity index (χ3n) is 7.66. The molecule has 230 valence electrons. The number of H-pyrrole nitrogens is 2. The van der Waals surface area contributed by atoms with Crippen LogP contribution in [0.25, 0.3) is 56.0 Å². The van der Waals surface area contributed by atoms with Crippen LogP contribution in [0.1, 0.15) is 16.7 Å². The zero-order valence-corrected chi connectivity index (χ0v) is 25.6. The van der Waals surface area contributed by atoms with Crippen molar-refractivity contribution in [3.8, 4) is 34.0 Å². The van der Waals surface area contributed by atoms with Crippen LogP contribution in [0.3, 0.4) is 0 Å². The first-order chi connectivity index (χ1) is 22.3. The summed E-state index contributed by atoms with van der Waals surface area (Å²) in [4.78, 5) is 21.8. The number of aromatic amines is 2. The van der Waals surface area contributed by atoms with Crippen LogP contribution in [0, 0.1) is 5.82 Å². The lowest BCUT2D eigenvalue weighted by molar-refractivity contribution is 0.600. The highest BCUT2D eigenvalue weighted by atomic mass is 32.2. The fourth-order valence-electron chi connectivity index (χ4n) is 5.42. The average Bonchev–Trinajstić information content (AvgIpc) is 3.68. The van der Waals surface area contributed by atoms with Gasteiger partial charge in [-0.3, -0.25) is 20.1 Å². The van der Waals surface area contributed by atoms with Gasteiger partial charge in [0.05, 0.1) is 34.4 Å². The molecule has 12 heteroatoms. The normalized spacial score (nSPS) is 11.9. The van der Waals surface area contributed by atoms with Gasteiger partial charge in [-0.1, -0.05) is 30.3 Å². The van der Waals surface area contributed by atoms with Crippen LogP contribution in [-0.2, 0) is 29.3 Å². The van der Waals surface area contributed by atoms with Crippen molar-refractivity contribution in [3.63, 3.8) is 0 Å². The molecule has 0 bridgehead atoms. The number of hydrogen-bond donors (Lipinski definition) is 3. The first-order valence-corrected chi connectivity index (χ1v) is 16.7. The zero-order valence-electron chi connectivity index (χ0n) is 24.8. The van der Waals surface area contributed by atoms with Gasteiger partial charge in [0.2, 0.25) is 0 Å². The molecule has 2 aromatic carbocycles. The number of aromatic nitrogens is 7. The minimum atomic E-state index is -3.20. The SMILES string of the molecule is CS(=O)(=O)CCc1cc(F)cc(-c2nccc3[nH]c(-c4n[nH]c5cnc(-c6cncc(CNCc7ccccc7)c6)cc45)nc23)c1. The molecule has 10 nitrogen and oxygen atoms in total. The van der Waals surface area contributed by atoms with E-state index in [-0.39, 0.29) is 12.2 Å². The fraction of sp³-hybridized carbons (Fsp3) is 0.147. The smallest absolute Gasteiger partial charge is 0.159 e. The van der Waals surface area contributed by atoms with Crippen molar-refractivity contribution in [3.05, 3.63) is 114 Å². The molecule has 0 saturated carbocycles. The summed E-state index contributed by atoms with van der Waals surface area (Å²) in [6, 6.07) is 20.5. The number of sulfone groups is 1. The van der Waals surface area contributed by atoms with Gasteiger partial charge in [0.25, 0.3) is 0 Å². The lowest BCUT2D eigenvalue weighted by Crippen LogP contribution is -2.12. The molecule has 0 aliphatic heterocycles. The molecule has 0 atom stereocenters. The molecule has 7 aromatic rings. The summed E-state index contributed by atoms with van der Waals surface area (Å²) < 4.78 is 38.0. The van der Waals surface area contributed by atoms with E-state index in [0.717, 1.165) is 40.5 Å². The van der Waals surface area contributed by atoms with E-state index < -0.39 is 15.7 Å². The van der Waals surface area contributed by atoms with Gasteiger partial charge in [0, 0.05) is 54.4 Å². The Morgan fingerprint density at radius 2 is 1.65 bits per heavy atom. The predicted octanol–water partition coefficient (Wildman–Crippen LogP) is 5.64. The maximum Gasteiger partial charge on any atom is 0.159 e. The van der Waals surface area contributed by atoms with Gasteiger partial charge in [-0.05, 0) is 59.5 Å². The van der Waals surface area contributed by atoms with Crippen molar-refractivity contribution in [1.82, 2.24) is 40.4 Å². The van der Waals surface area contributed by atoms with Crippen LogP contribution in [0.2, 0.25) is 0 Å². The van der Waals surface area contributed by atoms with E-state index in [1.165, 1.54) is 17.7 Å². The molecule has 0 aliphatic rings. The predicted molar refractivity (Wildman–Crippen MR) is 176 cm³/mol. The van der Waals surface area contributed by atoms with Crippen molar-refractivity contribution in [2.75, 3.05) is 12.0 Å². The molecule has 0 radical (unpaired) electrons. The summed E-state index contributed by atoms with van der Waals surface area (Å²) in [6.07, 6.45) is 8.36. The largest absolute Gasteiger partial charge is 0.336 e. The van der Waals surface area contributed by atoms with E-state index in [2.05, 4.69) is 53.6 Å². The van der Waals surface area contributed by atoms with Crippen LogP contribution in [0.4, 0.5) is 4.39 Å². The summed E-state index contributed by atoms with van der Waals surface area (Å²) in [6.45, 7) is 1.42. The van der Waals surface area contributed by atoms with Gasteiger partial charge < -0.3 is 10.3 Å². The third-order valence-corrected chi connectivity index (χ3v) is 8.60. The van der Waals surface area contributed by atoms with E-state index in [1.54, 1.807) is 30.7 Å². The van der Waals surface area contributed by atoms with E-state index >= 15 is 0 Å². The molecule has 46 heavy (non-hydrogen) atoms. The summed E-state index contributed by atoms with van der Waals surface area (Å²) in [5.74, 6) is -0.0351. The second-order valence-electron chi connectivity index (χ2n) is 11.2. The molecular formula is C34H29FN8O2S.